The van der Waals surface area contributed by atoms with Crippen LogP contribution in [-0.4, -0.2) is 27.1 Å². The maximum atomic E-state index is 13.7. The Morgan fingerprint density at radius 1 is 1.15 bits per heavy atom. The van der Waals surface area contributed by atoms with Crippen molar-refractivity contribution in [2.75, 3.05) is 0 Å². The lowest BCUT2D eigenvalue weighted by Gasteiger charge is -2.27. The number of aliphatic hydroxyl groups excluding tert-OH is 1. The summed E-state index contributed by atoms with van der Waals surface area (Å²) in [5.74, 6) is -1.47. The average molecular weight is 481 g/mol. The highest BCUT2D eigenvalue weighted by atomic mass is 31.1. The number of aromatic nitrogens is 1. The zero-order chi connectivity index (χ0) is 24.8. The lowest BCUT2D eigenvalue weighted by Crippen LogP contribution is -2.23. The Hall–Kier alpha value is -3.30. The van der Waals surface area contributed by atoms with E-state index in [4.69, 9.17) is 11.4 Å². The summed E-state index contributed by atoms with van der Waals surface area (Å²) in [6, 6.07) is 16.8. The smallest absolute Gasteiger partial charge is 0.322 e. The molecule has 3 rings (SSSR count). The molecule has 1 aromatic heterocycles. The fourth-order valence-corrected chi connectivity index (χ4v) is 4.84. The molecule has 6 nitrogen and oxygen atoms in total. The van der Waals surface area contributed by atoms with Gasteiger partial charge in [-0.3, -0.25) is 9.36 Å². The number of halogens is 1. The second-order valence-electron chi connectivity index (χ2n) is 8.07. The van der Waals surface area contributed by atoms with Crippen LogP contribution in [0.2, 0.25) is 0 Å². The molecule has 8 heteroatoms. The first-order chi connectivity index (χ1) is 16.2. The Morgan fingerprint density at radius 2 is 1.79 bits per heavy atom. The van der Waals surface area contributed by atoms with Gasteiger partial charge >= 0.3 is 5.97 Å². The van der Waals surface area contributed by atoms with Gasteiger partial charge in [-0.15, -0.1) is 0 Å². The first-order valence-corrected chi connectivity index (χ1v) is 12.1. The molecule has 2 aromatic carbocycles. The monoisotopic (exact) mass is 481 g/mol. The van der Waals surface area contributed by atoms with Crippen LogP contribution in [0.4, 0.5) is 4.39 Å². The molecule has 0 aliphatic carbocycles. The summed E-state index contributed by atoms with van der Waals surface area (Å²) in [5, 5.41) is 10.8. The summed E-state index contributed by atoms with van der Waals surface area (Å²) in [6.45, 7) is 3.82. The average Bonchev–Trinajstić information content (AvgIpc) is 2.80. The highest BCUT2D eigenvalue weighted by Crippen LogP contribution is 2.48. The number of ether oxygens (including phenoxy) is 1. The second-order valence-corrected chi connectivity index (χ2v) is 9.36. The molecule has 0 aliphatic rings. The van der Waals surface area contributed by atoms with Crippen molar-refractivity contribution in [3.8, 4) is 35.0 Å². The summed E-state index contributed by atoms with van der Waals surface area (Å²) in [7, 11) is -3.43. The molecule has 0 bridgehead atoms. The Labute approximate surface area is 198 Å². The van der Waals surface area contributed by atoms with Crippen LogP contribution < -0.4 is 0 Å². The van der Waals surface area contributed by atoms with E-state index in [1.807, 2.05) is 50.2 Å². The minimum atomic E-state index is -3.43. The van der Waals surface area contributed by atoms with Crippen molar-refractivity contribution in [2.45, 2.75) is 37.9 Å². The lowest BCUT2D eigenvalue weighted by atomic mass is 9.88. The minimum absolute atomic E-state index is 0.131. The quantitative estimate of drug-likeness (QED) is 0.265. The molecular weight excluding hydrogens is 456 g/mol. The molecule has 34 heavy (non-hydrogen) atoms. The number of terminal acetylenes is 1. The van der Waals surface area contributed by atoms with E-state index >= 15 is 0 Å². The van der Waals surface area contributed by atoms with Gasteiger partial charge in [0.1, 0.15) is 11.9 Å². The van der Waals surface area contributed by atoms with Gasteiger partial charge in [-0.1, -0.05) is 50.6 Å². The summed E-state index contributed by atoms with van der Waals surface area (Å²) in [5.41, 5.74) is 1.94. The van der Waals surface area contributed by atoms with Crippen LogP contribution in [0.1, 0.15) is 43.0 Å². The molecule has 0 amide bonds. The van der Waals surface area contributed by atoms with Crippen molar-refractivity contribution >= 4 is 14.0 Å². The van der Waals surface area contributed by atoms with Crippen LogP contribution in [0.25, 0.3) is 22.5 Å². The number of hydrogen-bond acceptors (Lipinski definition) is 5. The Kier molecular flexibility index (Phi) is 8.36. The fourth-order valence-electron chi connectivity index (χ4n) is 3.84. The van der Waals surface area contributed by atoms with Gasteiger partial charge in [-0.2, -0.15) is 0 Å². The van der Waals surface area contributed by atoms with Gasteiger partial charge in [0.25, 0.3) is 0 Å². The van der Waals surface area contributed by atoms with Crippen LogP contribution in [0.3, 0.4) is 0 Å². The van der Waals surface area contributed by atoms with Crippen LogP contribution >= 0.6 is 8.03 Å². The van der Waals surface area contributed by atoms with E-state index in [2.05, 4.69) is 4.74 Å². The number of pyridine rings is 1. The molecule has 2 N–H and O–H groups in total. The van der Waals surface area contributed by atoms with Gasteiger partial charge in [-0.25, -0.2) is 9.37 Å². The predicted molar refractivity (Wildman–Crippen MR) is 129 cm³/mol. The van der Waals surface area contributed by atoms with Gasteiger partial charge < -0.3 is 14.7 Å². The van der Waals surface area contributed by atoms with Gasteiger partial charge in [0.2, 0.25) is 0 Å². The van der Waals surface area contributed by atoms with Crippen LogP contribution in [-0.2, 0) is 14.1 Å². The molecule has 3 atom stereocenters. The Balaban J connectivity index is 2.30. The zero-order valence-electron chi connectivity index (χ0n) is 18.7. The molecular formula is C26H25FNO5P. The number of carbonyl (C=O) groups excluding carboxylic acids is 1. The van der Waals surface area contributed by atoms with Crippen molar-refractivity contribution in [2.24, 2.45) is 0 Å². The van der Waals surface area contributed by atoms with Crippen molar-refractivity contribution in [1.29, 1.82) is 0 Å². The van der Waals surface area contributed by atoms with Crippen molar-refractivity contribution in [3.05, 3.63) is 77.6 Å². The van der Waals surface area contributed by atoms with E-state index in [0.717, 1.165) is 5.56 Å². The van der Waals surface area contributed by atoms with Gasteiger partial charge in [0.15, 0.2) is 8.03 Å². The first-order valence-electron chi connectivity index (χ1n) is 10.6. The molecule has 0 spiro atoms. The van der Waals surface area contributed by atoms with Crippen molar-refractivity contribution < 1.29 is 28.5 Å². The second kappa shape index (κ2) is 11.2. The number of esters is 1. The third kappa shape index (κ3) is 5.78. The molecule has 0 saturated carbocycles. The number of rotatable bonds is 8. The topological polar surface area (TPSA) is 96.7 Å². The van der Waals surface area contributed by atoms with Crippen LogP contribution in [0.15, 0.2) is 60.7 Å². The van der Waals surface area contributed by atoms with E-state index in [9.17, 15) is 23.7 Å². The maximum Gasteiger partial charge on any atom is 0.322 e. The summed E-state index contributed by atoms with van der Waals surface area (Å²) >= 11 is 0. The number of aliphatic hydroxyl groups is 1. The Bertz CT molecular complexity index is 1220. The molecule has 176 valence electrons. The number of nitrogens with zero attached hydrogens (tertiary/aromatic N) is 1. The first kappa shape index (κ1) is 25.3. The van der Waals surface area contributed by atoms with E-state index in [1.54, 1.807) is 6.11 Å². The molecule has 0 saturated heterocycles. The summed E-state index contributed by atoms with van der Waals surface area (Å²) in [6.07, 6.45) is 4.58. The third-order valence-corrected chi connectivity index (χ3v) is 6.62. The minimum Gasteiger partial charge on any atom is -0.391 e. The molecule has 3 aromatic rings. The Morgan fingerprint density at radius 3 is 2.35 bits per heavy atom. The molecule has 3 unspecified atom stereocenters. The van der Waals surface area contributed by atoms with Crippen molar-refractivity contribution in [3.63, 3.8) is 0 Å². The summed E-state index contributed by atoms with van der Waals surface area (Å²) in [4.78, 5) is 27.0. The van der Waals surface area contributed by atoms with Gasteiger partial charge in [0.05, 0.1) is 29.6 Å². The SMILES string of the molecule is C#COC(=O)CC(O)C(c1c(C(C)C)cc(-c2ccccc2)nc1-c1ccc(F)cc1)[PH](=O)O. The maximum absolute atomic E-state index is 13.7. The third-order valence-electron chi connectivity index (χ3n) is 5.41. The van der Waals surface area contributed by atoms with E-state index < -0.39 is 38.0 Å². The largest absolute Gasteiger partial charge is 0.391 e. The molecule has 0 fully saturated rings. The number of hydrogen-bond donors (Lipinski definition) is 2. The van der Waals surface area contributed by atoms with Crippen LogP contribution in [0.5, 0.6) is 0 Å². The van der Waals surface area contributed by atoms with Crippen LogP contribution in [0, 0.1) is 18.3 Å². The van der Waals surface area contributed by atoms with Crippen molar-refractivity contribution in [1.82, 2.24) is 4.98 Å². The normalized spacial score (nSPS) is 13.7. The van der Waals surface area contributed by atoms with Gasteiger partial charge in [-0.05, 0) is 47.4 Å². The number of carbonyl (C=O) groups is 1. The number of benzene rings is 2. The highest BCUT2D eigenvalue weighted by molar-refractivity contribution is 7.38. The molecule has 1 heterocycles. The fraction of sp³-hybridized carbons (Fsp3) is 0.231. The molecule has 0 aliphatic heterocycles. The van der Waals surface area contributed by atoms with Gasteiger partial charge in [0, 0.05) is 11.1 Å². The lowest BCUT2D eigenvalue weighted by molar-refractivity contribution is -0.139. The predicted octanol–water partition coefficient (Wildman–Crippen LogP) is 5.07. The molecule has 0 radical (unpaired) electrons. The van der Waals surface area contributed by atoms with E-state index in [0.29, 0.717) is 28.1 Å². The zero-order valence-corrected chi connectivity index (χ0v) is 19.7. The highest BCUT2D eigenvalue weighted by Gasteiger charge is 2.34. The van der Waals surface area contributed by atoms with E-state index in [1.165, 1.54) is 24.3 Å². The standard InChI is InChI=1S/C26H25FNO5P/c1-4-33-23(30)15-22(29)26(34(31)32)24-20(16(2)3)14-21(17-8-6-5-7-9-17)28-25(24)18-10-12-19(27)13-11-18/h1,5-14,16,22,26,29,34H,15H2,2-3H3,(H,31,32). The summed E-state index contributed by atoms with van der Waals surface area (Å²) < 4.78 is 30.7. The van der Waals surface area contributed by atoms with E-state index in [-0.39, 0.29) is 5.92 Å².